The molecule has 1 aromatic carbocycles. The van der Waals surface area contributed by atoms with Gasteiger partial charge in [0.05, 0.1) is 11.6 Å². The molecule has 2 amide bonds. The van der Waals surface area contributed by atoms with Crippen LogP contribution in [-0.4, -0.2) is 67.3 Å². The van der Waals surface area contributed by atoms with Crippen molar-refractivity contribution in [1.82, 2.24) is 24.6 Å². The first-order chi connectivity index (χ1) is 15.7. The molecule has 2 heterocycles. The normalized spacial score (nSPS) is 16.9. The van der Waals surface area contributed by atoms with Gasteiger partial charge in [0, 0.05) is 25.2 Å². The molecule has 0 bridgehead atoms. The first-order valence-corrected chi connectivity index (χ1v) is 11.1. The molecule has 174 valence electrons. The summed E-state index contributed by atoms with van der Waals surface area (Å²) in [6.07, 6.45) is 4.09. The summed E-state index contributed by atoms with van der Waals surface area (Å²) < 4.78 is 21.0. The number of ether oxygens (including phenoxy) is 1. The second kappa shape index (κ2) is 8.81. The smallest absolute Gasteiger partial charge is 0.410 e. The molecule has 1 aliphatic carbocycles. The van der Waals surface area contributed by atoms with Gasteiger partial charge in [0.1, 0.15) is 23.4 Å². The quantitative estimate of drug-likeness (QED) is 0.702. The summed E-state index contributed by atoms with van der Waals surface area (Å²) in [5.74, 6) is -0.909. The van der Waals surface area contributed by atoms with Crippen LogP contribution in [0.4, 0.5) is 9.18 Å². The molecule has 1 aromatic heterocycles. The van der Waals surface area contributed by atoms with Crippen molar-refractivity contribution in [3.63, 3.8) is 0 Å². The molecule has 0 N–H and O–H groups in total. The maximum atomic E-state index is 14.3. The number of nitrogens with zero attached hydrogens (tertiary/aromatic N) is 6. The number of hydrogen-bond donors (Lipinski definition) is 0. The predicted molar refractivity (Wildman–Crippen MR) is 116 cm³/mol. The van der Waals surface area contributed by atoms with Crippen LogP contribution in [0.2, 0.25) is 0 Å². The SMILES string of the molecule is CC(C)(C)OC(=O)N1CCC(N(C(=O)c2ncn(-c3ccc(C#N)cc3F)n2)C2CC2)CC1. The highest BCUT2D eigenvalue weighted by Gasteiger charge is 2.41. The van der Waals surface area contributed by atoms with Crippen LogP contribution in [0.1, 0.15) is 62.6 Å². The van der Waals surface area contributed by atoms with E-state index in [4.69, 9.17) is 10.00 Å². The van der Waals surface area contributed by atoms with Crippen LogP contribution in [0.5, 0.6) is 0 Å². The van der Waals surface area contributed by atoms with Crippen molar-refractivity contribution < 1.29 is 18.7 Å². The van der Waals surface area contributed by atoms with Crippen molar-refractivity contribution in [1.29, 1.82) is 5.26 Å². The number of amides is 2. The van der Waals surface area contributed by atoms with Crippen LogP contribution in [0.15, 0.2) is 24.5 Å². The lowest BCUT2D eigenvalue weighted by Crippen LogP contribution is -2.50. The number of halogens is 1. The molecule has 10 heteroatoms. The summed E-state index contributed by atoms with van der Waals surface area (Å²) in [6, 6.07) is 6.02. The second-order valence-corrected chi connectivity index (χ2v) is 9.43. The molecule has 0 radical (unpaired) electrons. The molecule has 2 aliphatic rings. The maximum absolute atomic E-state index is 14.3. The zero-order valence-electron chi connectivity index (χ0n) is 19.0. The fraction of sp³-hybridized carbons (Fsp3) is 0.522. The van der Waals surface area contributed by atoms with E-state index >= 15 is 0 Å². The molecule has 0 spiro atoms. The minimum atomic E-state index is -0.619. The third kappa shape index (κ3) is 5.13. The summed E-state index contributed by atoms with van der Waals surface area (Å²) in [7, 11) is 0. The molecule has 33 heavy (non-hydrogen) atoms. The summed E-state index contributed by atoms with van der Waals surface area (Å²) in [4.78, 5) is 33.3. The van der Waals surface area contributed by atoms with Gasteiger partial charge in [0.2, 0.25) is 5.82 Å². The first-order valence-electron chi connectivity index (χ1n) is 11.1. The van der Waals surface area contributed by atoms with Crippen LogP contribution >= 0.6 is 0 Å². The van der Waals surface area contributed by atoms with Gasteiger partial charge >= 0.3 is 6.09 Å². The van der Waals surface area contributed by atoms with E-state index in [9.17, 15) is 14.0 Å². The van der Waals surface area contributed by atoms with Gasteiger partial charge in [-0.1, -0.05) is 0 Å². The van der Waals surface area contributed by atoms with Gasteiger partial charge in [-0.15, -0.1) is 5.10 Å². The van der Waals surface area contributed by atoms with Gasteiger partial charge in [-0.3, -0.25) is 4.79 Å². The average Bonchev–Trinajstić information content (AvgIpc) is 3.47. The van der Waals surface area contributed by atoms with E-state index < -0.39 is 11.4 Å². The van der Waals surface area contributed by atoms with E-state index in [1.54, 1.807) is 4.90 Å². The standard InChI is InChI=1S/C23H27FN6O3/c1-23(2,3)33-22(32)28-10-8-17(9-11-28)30(16-5-6-16)21(31)20-26-14-29(27-20)19-7-4-15(13-25)12-18(19)24/h4,7,12,14,16-17H,5-6,8-11H2,1-3H3. The molecule has 1 saturated carbocycles. The topological polar surface area (TPSA) is 104 Å². The van der Waals surface area contributed by atoms with E-state index in [0.717, 1.165) is 18.9 Å². The van der Waals surface area contributed by atoms with E-state index in [2.05, 4.69) is 10.1 Å². The fourth-order valence-corrected chi connectivity index (χ4v) is 3.99. The van der Waals surface area contributed by atoms with Crippen molar-refractivity contribution in [3.05, 3.63) is 41.7 Å². The number of benzene rings is 1. The summed E-state index contributed by atoms with van der Waals surface area (Å²) in [6.45, 7) is 6.52. The summed E-state index contributed by atoms with van der Waals surface area (Å²) in [5.41, 5.74) is -0.238. The molecule has 2 aromatic rings. The Labute approximate surface area is 191 Å². The minimum absolute atomic E-state index is 0.000214. The maximum Gasteiger partial charge on any atom is 0.410 e. The first kappa shape index (κ1) is 22.7. The molecular formula is C23H27FN6O3. The summed E-state index contributed by atoms with van der Waals surface area (Å²) in [5, 5.41) is 13.1. The van der Waals surface area contributed by atoms with Crippen molar-refractivity contribution in [2.75, 3.05) is 13.1 Å². The molecule has 2 fully saturated rings. The Morgan fingerprint density at radius 3 is 2.42 bits per heavy atom. The predicted octanol–water partition coefficient (Wildman–Crippen LogP) is 3.28. The van der Waals surface area contributed by atoms with Crippen molar-refractivity contribution in [3.8, 4) is 11.8 Å². The van der Waals surface area contributed by atoms with Crippen molar-refractivity contribution in [2.45, 2.75) is 64.1 Å². The van der Waals surface area contributed by atoms with E-state index in [0.29, 0.717) is 25.9 Å². The Morgan fingerprint density at radius 2 is 1.85 bits per heavy atom. The van der Waals surface area contributed by atoms with E-state index in [-0.39, 0.29) is 41.2 Å². The highest BCUT2D eigenvalue weighted by Crippen LogP contribution is 2.33. The van der Waals surface area contributed by atoms with Gasteiger partial charge in [0.25, 0.3) is 5.91 Å². The van der Waals surface area contributed by atoms with Crippen LogP contribution in [0.25, 0.3) is 5.69 Å². The summed E-state index contributed by atoms with van der Waals surface area (Å²) >= 11 is 0. The van der Waals surface area contributed by atoms with Gasteiger partial charge in [-0.25, -0.2) is 18.9 Å². The zero-order valence-corrected chi connectivity index (χ0v) is 19.0. The number of likely N-dealkylation sites (tertiary alicyclic amines) is 1. The lowest BCUT2D eigenvalue weighted by atomic mass is 10.0. The van der Waals surface area contributed by atoms with Crippen LogP contribution < -0.4 is 0 Å². The Hall–Kier alpha value is -3.48. The number of carbonyl (C=O) groups excluding carboxylic acids is 2. The molecule has 1 saturated heterocycles. The Bertz CT molecular complexity index is 1090. The van der Waals surface area contributed by atoms with Crippen LogP contribution in [0, 0.1) is 17.1 Å². The van der Waals surface area contributed by atoms with E-state index in [1.165, 1.54) is 23.1 Å². The third-order valence-electron chi connectivity index (χ3n) is 5.69. The molecule has 4 rings (SSSR count). The number of nitriles is 1. The van der Waals surface area contributed by atoms with Crippen LogP contribution in [-0.2, 0) is 4.74 Å². The number of rotatable bonds is 4. The number of hydrogen-bond acceptors (Lipinski definition) is 6. The Morgan fingerprint density at radius 1 is 1.18 bits per heavy atom. The highest BCUT2D eigenvalue weighted by molar-refractivity contribution is 5.91. The van der Waals surface area contributed by atoms with Gasteiger partial charge in [-0.2, -0.15) is 5.26 Å². The average molecular weight is 455 g/mol. The van der Waals surface area contributed by atoms with Gasteiger partial charge in [0.15, 0.2) is 0 Å². The fourth-order valence-electron chi connectivity index (χ4n) is 3.99. The molecule has 0 atom stereocenters. The van der Waals surface area contributed by atoms with Crippen molar-refractivity contribution >= 4 is 12.0 Å². The number of carbonyl (C=O) groups is 2. The monoisotopic (exact) mass is 454 g/mol. The van der Waals surface area contributed by atoms with E-state index in [1.807, 2.05) is 31.7 Å². The lowest BCUT2D eigenvalue weighted by molar-refractivity contribution is 0.0141. The second-order valence-electron chi connectivity index (χ2n) is 9.43. The van der Waals surface area contributed by atoms with Crippen molar-refractivity contribution in [2.24, 2.45) is 0 Å². The molecule has 0 unspecified atom stereocenters. The minimum Gasteiger partial charge on any atom is -0.444 e. The molecule has 1 aliphatic heterocycles. The van der Waals surface area contributed by atoms with Crippen LogP contribution in [0.3, 0.4) is 0 Å². The highest BCUT2D eigenvalue weighted by atomic mass is 19.1. The van der Waals surface area contributed by atoms with Gasteiger partial charge < -0.3 is 14.5 Å². The Kier molecular flexibility index (Phi) is 6.06. The number of piperidine rings is 1. The molecule has 9 nitrogen and oxygen atoms in total. The largest absolute Gasteiger partial charge is 0.444 e. The Balaban J connectivity index is 1.45. The third-order valence-corrected chi connectivity index (χ3v) is 5.69. The number of aromatic nitrogens is 3. The lowest BCUT2D eigenvalue weighted by Gasteiger charge is -2.38. The van der Waals surface area contributed by atoms with Gasteiger partial charge in [-0.05, 0) is 64.7 Å². The zero-order chi connectivity index (χ0) is 23.8. The molecular weight excluding hydrogens is 427 g/mol.